The van der Waals surface area contributed by atoms with E-state index in [1.807, 2.05) is 0 Å². The molecule has 0 spiro atoms. The van der Waals surface area contributed by atoms with Crippen molar-refractivity contribution in [2.75, 3.05) is 6.61 Å². The fourth-order valence-corrected chi connectivity index (χ4v) is 2.10. The molecular formula is C12H18O2S. The average Bonchev–Trinajstić information content (AvgIpc) is 2.61. The van der Waals surface area contributed by atoms with Crippen molar-refractivity contribution in [1.82, 2.24) is 0 Å². The number of hydrogen-bond donors (Lipinski definition) is 0. The topological polar surface area (TPSA) is 26.3 Å². The zero-order valence-corrected chi connectivity index (χ0v) is 10.2. The highest BCUT2D eigenvalue weighted by molar-refractivity contribution is 7.11. The van der Waals surface area contributed by atoms with Gasteiger partial charge in [0.25, 0.3) is 0 Å². The number of ketones is 1. The first-order valence-corrected chi connectivity index (χ1v) is 6.18. The second-order valence-corrected chi connectivity index (χ2v) is 5.02. The van der Waals surface area contributed by atoms with E-state index < -0.39 is 0 Å². The third-order valence-electron chi connectivity index (χ3n) is 2.11. The van der Waals surface area contributed by atoms with Crippen molar-refractivity contribution in [2.45, 2.75) is 39.7 Å². The second-order valence-electron chi connectivity index (χ2n) is 3.65. The lowest BCUT2D eigenvalue weighted by atomic mass is 10.2. The summed E-state index contributed by atoms with van der Waals surface area (Å²) in [6.07, 6.45) is 2.69. The van der Waals surface area contributed by atoms with Crippen LogP contribution in [0.15, 0.2) is 12.1 Å². The molecule has 0 fully saturated rings. The third-order valence-corrected chi connectivity index (χ3v) is 3.09. The highest BCUT2D eigenvalue weighted by Gasteiger charge is 2.02. The molecule has 0 aliphatic rings. The Morgan fingerprint density at radius 3 is 2.87 bits per heavy atom. The van der Waals surface area contributed by atoms with Gasteiger partial charge in [-0.2, -0.15) is 0 Å². The number of unbranched alkanes of at least 4 members (excludes halogenated alkanes) is 1. The van der Waals surface area contributed by atoms with E-state index >= 15 is 0 Å². The Bertz CT molecular complexity index is 304. The molecule has 0 saturated carbocycles. The smallest absolute Gasteiger partial charge is 0.158 e. The summed E-state index contributed by atoms with van der Waals surface area (Å²) < 4.78 is 5.35. The third kappa shape index (κ3) is 5.09. The predicted octanol–water partition coefficient (Wildman–Crippen LogP) is 3.33. The number of thiophene rings is 1. The van der Waals surface area contributed by atoms with Crippen molar-refractivity contribution < 1.29 is 9.53 Å². The van der Waals surface area contributed by atoms with Gasteiger partial charge in [-0.15, -0.1) is 11.3 Å². The van der Waals surface area contributed by atoms with Crippen molar-refractivity contribution in [2.24, 2.45) is 0 Å². The quantitative estimate of drug-likeness (QED) is 0.713. The molecule has 0 radical (unpaired) electrons. The number of ether oxygens (including phenoxy) is 1. The molecule has 0 bridgehead atoms. The maximum Gasteiger partial charge on any atom is 0.158 e. The average molecular weight is 226 g/mol. The summed E-state index contributed by atoms with van der Waals surface area (Å²) in [5, 5.41) is 0. The lowest BCUT2D eigenvalue weighted by Gasteiger charge is -2.01. The number of hydrogen-bond acceptors (Lipinski definition) is 3. The number of carbonyl (C=O) groups excluding carboxylic acids is 1. The normalized spacial score (nSPS) is 10.5. The Hall–Kier alpha value is -0.670. The lowest BCUT2D eigenvalue weighted by Crippen LogP contribution is -2.07. The Kier molecular flexibility index (Phi) is 5.58. The Labute approximate surface area is 95.3 Å². The molecule has 84 valence electrons. The Balaban J connectivity index is 2.13. The molecular weight excluding hydrogens is 208 g/mol. The molecule has 0 aliphatic carbocycles. The van der Waals surface area contributed by atoms with Crippen LogP contribution in [0.4, 0.5) is 0 Å². The minimum atomic E-state index is 0.213. The standard InChI is InChI=1S/C12H18O2S/c1-3-4-5-11(13)8-14-9-12-7-6-10(2)15-12/h6-7H,3-5,8-9H2,1-2H3. The second kappa shape index (κ2) is 6.75. The lowest BCUT2D eigenvalue weighted by molar-refractivity contribution is -0.124. The highest BCUT2D eigenvalue weighted by atomic mass is 32.1. The number of rotatable bonds is 7. The van der Waals surface area contributed by atoms with Gasteiger partial charge < -0.3 is 4.74 Å². The molecule has 0 saturated heterocycles. The van der Waals surface area contributed by atoms with E-state index in [0.29, 0.717) is 13.0 Å². The molecule has 1 aromatic rings. The minimum Gasteiger partial charge on any atom is -0.368 e. The van der Waals surface area contributed by atoms with Crippen molar-refractivity contribution in [3.05, 3.63) is 21.9 Å². The molecule has 0 N–H and O–H groups in total. The minimum absolute atomic E-state index is 0.213. The van der Waals surface area contributed by atoms with Crippen LogP contribution in [0.5, 0.6) is 0 Å². The number of aryl methyl sites for hydroxylation is 1. The van der Waals surface area contributed by atoms with Gasteiger partial charge in [-0.3, -0.25) is 4.79 Å². The van der Waals surface area contributed by atoms with E-state index in [2.05, 4.69) is 26.0 Å². The largest absolute Gasteiger partial charge is 0.368 e. The summed E-state index contributed by atoms with van der Waals surface area (Å²) in [6, 6.07) is 4.12. The van der Waals surface area contributed by atoms with E-state index in [1.165, 1.54) is 9.75 Å². The van der Waals surface area contributed by atoms with E-state index in [-0.39, 0.29) is 12.4 Å². The molecule has 0 aromatic carbocycles. The summed E-state index contributed by atoms with van der Waals surface area (Å²) in [6.45, 7) is 4.98. The van der Waals surface area contributed by atoms with Gasteiger partial charge in [0.05, 0.1) is 6.61 Å². The first-order chi connectivity index (χ1) is 7.22. The number of Topliss-reactive ketones (excluding diaryl/α,β-unsaturated/α-hetero) is 1. The Morgan fingerprint density at radius 1 is 1.47 bits per heavy atom. The monoisotopic (exact) mass is 226 g/mol. The van der Waals surface area contributed by atoms with Gasteiger partial charge in [-0.1, -0.05) is 13.3 Å². The summed E-state index contributed by atoms with van der Waals surface area (Å²) in [5.74, 6) is 0.213. The Morgan fingerprint density at radius 2 is 2.27 bits per heavy atom. The van der Waals surface area contributed by atoms with E-state index in [4.69, 9.17) is 4.74 Å². The van der Waals surface area contributed by atoms with Crippen LogP contribution in [-0.2, 0) is 16.1 Å². The zero-order chi connectivity index (χ0) is 11.1. The first kappa shape index (κ1) is 12.4. The molecule has 3 heteroatoms. The molecule has 1 aromatic heterocycles. The molecule has 1 rings (SSSR count). The van der Waals surface area contributed by atoms with Crippen LogP contribution < -0.4 is 0 Å². The first-order valence-electron chi connectivity index (χ1n) is 5.37. The molecule has 15 heavy (non-hydrogen) atoms. The molecule has 2 nitrogen and oxygen atoms in total. The van der Waals surface area contributed by atoms with Gasteiger partial charge in [0.2, 0.25) is 0 Å². The van der Waals surface area contributed by atoms with Crippen molar-refractivity contribution in [3.8, 4) is 0 Å². The van der Waals surface area contributed by atoms with Crippen molar-refractivity contribution >= 4 is 17.1 Å². The van der Waals surface area contributed by atoms with Crippen LogP contribution in [0, 0.1) is 6.92 Å². The SMILES string of the molecule is CCCCC(=O)COCc1ccc(C)s1. The highest BCUT2D eigenvalue weighted by Crippen LogP contribution is 2.15. The van der Waals surface area contributed by atoms with E-state index in [9.17, 15) is 4.79 Å². The van der Waals surface area contributed by atoms with Gasteiger partial charge in [-0.25, -0.2) is 0 Å². The van der Waals surface area contributed by atoms with E-state index in [0.717, 1.165) is 12.8 Å². The molecule has 0 amide bonds. The fraction of sp³-hybridized carbons (Fsp3) is 0.583. The zero-order valence-electron chi connectivity index (χ0n) is 9.41. The fourth-order valence-electron chi connectivity index (χ4n) is 1.27. The molecule has 0 unspecified atom stereocenters. The van der Waals surface area contributed by atoms with Crippen molar-refractivity contribution in [3.63, 3.8) is 0 Å². The number of carbonyl (C=O) groups is 1. The van der Waals surface area contributed by atoms with Gasteiger partial charge in [0.15, 0.2) is 5.78 Å². The van der Waals surface area contributed by atoms with Crippen LogP contribution >= 0.6 is 11.3 Å². The molecule has 1 heterocycles. The summed E-state index contributed by atoms with van der Waals surface area (Å²) in [4.78, 5) is 13.7. The van der Waals surface area contributed by atoms with Crippen molar-refractivity contribution in [1.29, 1.82) is 0 Å². The van der Waals surface area contributed by atoms with Crippen LogP contribution in [0.25, 0.3) is 0 Å². The van der Waals surface area contributed by atoms with Crippen LogP contribution in [-0.4, -0.2) is 12.4 Å². The molecule has 0 atom stereocenters. The predicted molar refractivity (Wildman–Crippen MR) is 63.2 cm³/mol. The summed E-state index contributed by atoms with van der Waals surface area (Å²) in [7, 11) is 0. The summed E-state index contributed by atoms with van der Waals surface area (Å²) >= 11 is 1.72. The van der Waals surface area contributed by atoms with Crippen LogP contribution in [0.2, 0.25) is 0 Å². The van der Waals surface area contributed by atoms with Crippen LogP contribution in [0.1, 0.15) is 35.9 Å². The van der Waals surface area contributed by atoms with Gasteiger partial charge >= 0.3 is 0 Å². The molecule has 0 aliphatic heterocycles. The van der Waals surface area contributed by atoms with Crippen LogP contribution in [0.3, 0.4) is 0 Å². The van der Waals surface area contributed by atoms with Gasteiger partial charge in [0, 0.05) is 16.2 Å². The summed E-state index contributed by atoms with van der Waals surface area (Å²) in [5.41, 5.74) is 0. The maximum absolute atomic E-state index is 11.3. The van der Waals surface area contributed by atoms with Gasteiger partial charge in [0.1, 0.15) is 6.61 Å². The van der Waals surface area contributed by atoms with E-state index in [1.54, 1.807) is 11.3 Å². The maximum atomic E-state index is 11.3. The van der Waals surface area contributed by atoms with Gasteiger partial charge in [-0.05, 0) is 25.5 Å².